The second kappa shape index (κ2) is 10.2. The van der Waals surface area contributed by atoms with Crippen molar-refractivity contribution in [1.29, 1.82) is 0 Å². The number of rotatable bonds is 6. The number of aromatic hydroxyl groups is 8. The Morgan fingerprint density at radius 2 is 0.590 bits per heavy atom. The predicted molar refractivity (Wildman–Crippen MR) is 146 cm³/mol. The summed E-state index contributed by atoms with van der Waals surface area (Å²) in [7, 11) is 0. The lowest BCUT2D eigenvalue weighted by atomic mass is 9.76. The highest BCUT2D eigenvalue weighted by atomic mass is 16.3. The molecule has 0 atom stereocenters. The second-order valence-electron chi connectivity index (χ2n) is 9.93. The molecule has 0 saturated carbocycles. The molecular formula is C31H32O8. The van der Waals surface area contributed by atoms with Gasteiger partial charge in [-0.25, -0.2) is 0 Å². The van der Waals surface area contributed by atoms with Gasteiger partial charge in [0.05, 0.1) is 0 Å². The van der Waals surface area contributed by atoms with E-state index in [1.54, 1.807) is 27.7 Å². The van der Waals surface area contributed by atoms with Gasteiger partial charge in [-0.1, -0.05) is 24.3 Å². The SMILES string of the molecule is Cc1c(O)ccc(C(CC(c2ccc(O)c(C)c2O)c2ccc(O)c(C)c2O)c2ccc(O)c(C)c2O)c1O. The highest BCUT2D eigenvalue weighted by molar-refractivity contribution is 5.60. The maximum absolute atomic E-state index is 11.1. The Labute approximate surface area is 226 Å². The van der Waals surface area contributed by atoms with Gasteiger partial charge in [0.15, 0.2) is 0 Å². The van der Waals surface area contributed by atoms with Crippen molar-refractivity contribution in [3.8, 4) is 46.0 Å². The number of hydrogen-bond acceptors (Lipinski definition) is 8. The average molecular weight is 533 g/mol. The van der Waals surface area contributed by atoms with Crippen LogP contribution in [-0.4, -0.2) is 40.9 Å². The molecule has 0 saturated heterocycles. The fourth-order valence-electron chi connectivity index (χ4n) is 5.05. The zero-order valence-corrected chi connectivity index (χ0v) is 22.1. The van der Waals surface area contributed by atoms with Crippen LogP contribution in [0.3, 0.4) is 0 Å². The van der Waals surface area contributed by atoms with Gasteiger partial charge in [-0.05, 0) is 58.4 Å². The van der Waals surface area contributed by atoms with Gasteiger partial charge >= 0.3 is 0 Å². The first-order chi connectivity index (χ1) is 18.3. The summed E-state index contributed by atoms with van der Waals surface area (Å²) in [4.78, 5) is 0. The second-order valence-corrected chi connectivity index (χ2v) is 9.93. The van der Waals surface area contributed by atoms with Crippen LogP contribution in [0.5, 0.6) is 46.0 Å². The van der Waals surface area contributed by atoms with Crippen LogP contribution in [0.15, 0.2) is 48.5 Å². The lowest BCUT2D eigenvalue weighted by molar-refractivity contribution is 0.417. The third kappa shape index (κ3) is 4.69. The fraction of sp³-hybridized carbons (Fsp3) is 0.226. The molecule has 0 unspecified atom stereocenters. The maximum atomic E-state index is 11.1. The van der Waals surface area contributed by atoms with Crippen LogP contribution < -0.4 is 0 Å². The van der Waals surface area contributed by atoms with Crippen LogP contribution in [0.2, 0.25) is 0 Å². The van der Waals surface area contributed by atoms with E-state index in [1.165, 1.54) is 48.5 Å². The van der Waals surface area contributed by atoms with E-state index in [0.717, 1.165) is 0 Å². The number of phenolic OH excluding ortho intramolecular Hbond substituents is 8. The zero-order chi connectivity index (χ0) is 28.8. The van der Waals surface area contributed by atoms with Crippen molar-refractivity contribution in [3.05, 3.63) is 93.0 Å². The van der Waals surface area contributed by atoms with Crippen molar-refractivity contribution in [2.45, 2.75) is 46.0 Å². The average Bonchev–Trinajstić information content (AvgIpc) is 2.91. The molecule has 0 bridgehead atoms. The van der Waals surface area contributed by atoms with E-state index >= 15 is 0 Å². The molecule has 39 heavy (non-hydrogen) atoms. The molecule has 0 fully saturated rings. The number of benzene rings is 4. The van der Waals surface area contributed by atoms with E-state index < -0.39 is 11.8 Å². The molecule has 0 radical (unpaired) electrons. The van der Waals surface area contributed by atoms with Gasteiger partial charge < -0.3 is 40.9 Å². The van der Waals surface area contributed by atoms with Gasteiger partial charge in [0, 0.05) is 56.3 Å². The molecular weight excluding hydrogens is 500 g/mol. The first-order valence-electron chi connectivity index (χ1n) is 12.4. The maximum Gasteiger partial charge on any atom is 0.125 e. The Morgan fingerprint density at radius 3 is 0.795 bits per heavy atom. The number of phenols is 8. The molecule has 0 aliphatic rings. The lowest BCUT2D eigenvalue weighted by Gasteiger charge is -2.29. The van der Waals surface area contributed by atoms with Crippen molar-refractivity contribution < 1.29 is 40.9 Å². The predicted octanol–water partition coefficient (Wildman–Crippen LogP) is 5.92. The molecule has 204 valence electrons. The van der Waals surface area contributed by atoms with Gasteiger partial charge in [0.2, 0.25) is 0 Å². The Hall–Kier alpha value is -4.72. The molecule has 0 aromatic heterocycles. The lowest BCUT2D eigenvalue weighted by Crippen LogP contribution is -2.12. The van der Waals surface area contributed by atoms with Crippen molar-refractivity contribution in [2.75, 3.05) is 0 Å². The third-order valence-corrected chi connectivity index (χ3v) is 7.71. The summed E-state index contributed by atoms with van der Waals surface area (Å²) in [6, 6.07) is 11.9. The molecule has 8 N–H and O–H groups in total. The minimum Gasteiger partial charge on any atom is -0.508 e. The van der Waals surface area contributed by atoms with Crippen molar-refractivity contribution in [1.82, 2.24) is 0 Å². The summed E-state index contributed by atoms with van der Waals surface area (Å²) < 4.78 is 0. The monoisotopic (exact) mass is 532 g/mol. The van der Waals surface area contributed by atoms with E-state index in [4.69, 9.17) is 0 Å². The first-order valence-corrected chi connectivity index (χ1v) is 12.4. The molecule has 8 heteroatoms. The summed E-state index contributed by atoms with van der Waals surface area (Å²) in [6.45, 7) is 6.20. The fourth-order valence-corrected chi connectivity index (χ4v) is 5.05. The van der Waals surface area contributed by atoms with E-state index in [0.29, 0.717) is 22.3 Å². The van der Waals surface area contributed by atoms with Crippen LogP contribution in [0.25, 0.3) is 0 Å². The van der Waals surface area contributed by atoms with Crippen LogP contribution in [0.1, 0.15) is 62.8 Å². The van der Waals surface area contributed by atoms with Gasteiger partial charge in [0.25, 0.3) is 0 Å². The zero-order valence-electron chi connectivity index (χ0n) is 22.1. The summed E-state index contributed by atoms with van der Waals surface area (Å²) in [5.41, 5.74) is 2.38. The summed E-state index contributed by atoms with van der Waals surface area (Å²) in [5.74, 6) is -2.77. The van der Waals surface area contributed by atoms with Crippen LogP contribution in [0.4, 0.5) is 0 Å². The number of hydrogen-bond donors (Lipinski definition) is 8. The van der Waals surface area contributed by atoms with Crippen LogP contribution in [0, 0.1) is 27.7 Å². The highest BCUT2D eigenvalue weighted by Crippen LogP contribution is 2.51. The molecule has 0 heterocycles. The molecule has 4 aromatic rings. The quantitative estimate of drug-likeness (QED) is 0.152. The smallest absolute Gasteiger partial charge is 0.125 e. The largest absolute Gasteiger partial charge is 0.508 e. The van der Waals surface area contributed by atoms with Gasteiger partial charge in [-0.15, -0.1) is 0 Å². The highest BCUT2D eigenvalue weighted by Gasteiger charge is 2.32. The van der Waals surface area contributed by atoms with Gasteiger partial charge in [-0.2, -0.15) is 0 Å². The van der Waals surface area contributed by atoms with Crippen molar-refractivity contribution >= 4 is 0 Å². The van der Waals surface area contributed by atoms with E-state index in [2.05, 4.69) is 0 Å². The molecule has 0 amide bonds. The summed E-state index contributed by atoms with van der Waals surface area (Å²) in [5, 5.41) is 85.1. The van der Waals surface area contributed by atoms with E-state index in [1.807, 2.05) is 0 Å². The van der Waals surface area contributed by atoms with E-state index in [9.17, 15) is 40.9 Å². The third-order valence-electron chi connectivity index (χ3n) is 7.71. The van der Waals surface area contributed by atoms with Gasteiger partial charge in [0.1, 0.15) is 46.0 Å². The molecule has 0 spiro atoms. The molecule has 0 aliphatic heterocycles. The normalized spacial score (nSPS) is 11.4. The topological polar surface area (TPSA) is 162 Å². The Kier molecular flexibility index (Phi) is 7.15. The molecule has 4 rings (SSSR count). The van der Waals surface area contributed by atoms with Crippen molar-refractivity contribution in [2.24, 2.45) is 0 Å². The summed E-state index contributed by atoms with van der Waals surface area (Å²) >= 11 is 0. The van der Waals surface area contributed by atoms with Crippen LogP contribution in [-0.2, 0) is 0 Å². The minimum absolute atomic E-state index is 0.0745. The molecule has 8 nitrogen and oxygen atoms in total. The van der Waals surface area contributed by atoms with E-state index in [-0.39, 0.29) is 74.7 Å². The van der Waals surface area contributed by atoms with Crippen molar-refractivity contribution in [3.63, 3.8) is 0 Å². The standard InChI is InChI=1S/C31H32O8/c1-14-24(32)9-5-18(28(14)36)22(19-6-10-25(33)15(2)29(19)37)13-23(20-7-11-26(34)16(3)30(20)38)21-8-12-27(35)17(4)31(21)39/h5-12,22-23,32-39H,13H2,1-4H3. The molecule has 0 aliphatic carbocycles. The summed E-state index contributed by atoms with van der Waals surface area (Å²) in [6.07, 6.45) is 0.0745. The first kappa shape index (κ1) is 27.3. The van der Waals surface area contributed by atoms with Crippen LogP contribution >= 0.6 is 0 Å². The Balaban J connectivity index is 2.03. The molecule has 4 aromatic carbocycles. The minimum atomic E-state index is -0.768. The van der Waals surface area contributed by atoms with Gasteiger partial charge in [-0.3, -0.25) is 0 Å². The Bertz CT molecular complexity index is 1340. The Morgan fingerprint density at radius 1 is 0.385 bits per heavy atom.